The van der Waals surface area contributed by atoms with E-state index in [4.69, 9.17) is 5.73 Å². The Morgan fingerprint density at radius 3 is 2.73 bits per heavy atom. The lowest BCUT2D eigenvalue weighted by Crippen LogP contribution is -2.34. The molecule has 1 heterocycles. The summed E-state index contributed by atoms with van der Waals surface area (Å²) in [5.41, 5.74) is 6.74. The maximum atomic E-state index is 5.53. The Bertz CT molecular complexity index is 203. The minimum Gasteiger partial charge on any atom is -0.384 e. The molecule has 0 atom stereocenters. The Kier molecular flexibility index (Phi) is 2.17. The first-order valence-electron chi connectivity index (χ1n) is 3.86. The molecule has 0 aliphatic carbocycles. The second-order valence-electron chi connectivity index (χ2n) is 3.07. The molecule has 1 rings (SSSR count). The number of nitrogens with zero attached hydrogens (tertiary/aromatic N) is 2. The fourth-order valence-electron chi connectivity index (χ4n) is 1.18. The highest BCUT2D eigenvalue weighted by molar-refractivity contribution is 5.92. The molecule has 3 heteroatoms. The van der Waals surface area contributed by atoms with Crippen LogP contribution in [-0.2, 0) is 0 Å². The number of rotatable bonds is 1. The molecule has 0 amide bonds. The van der Waals surface area contributed by atoms with Crippen molar-refractivity contribution in [2.24, 2.45) is 10.7 Å². The van der Waals surface area contributed by atoms with Crippen LogP contribution in [0.2, 0.25) is 0 Å². The second kappa shape index (κ2) is 2.95. The summed E-state index contributed by atoms with van der Waals surface area (Å²) < 4.78 is 0. The van der Waals surface area contributed by atoms with Gasteiger partial charge >= 0.3 is 0 Å². The SMILES string of the molecule is CC1=CC(N)=NCN1C(C)C. The molecular weight excluding hydrogens is 138 g/mol. The van der Waals surface area contributed by atoms with Crippen LogP contribution in [0, 0.1) is 0 Å². The standard InChI is InChI=1S/C8H15N3/c1-6(2)11-5-10-8(9)4-7(11)3/h4,6H,5H2,1-3H3,(H2,9,10). The summed E-state index contributed by atoms with van der Waals surface area (Å²) in [5.74, 6) is 0.638. The summed E-state index contributed by atoms with van der Waals surface area (Å²) in [7, 11) is 0. The molecule has 0 unspecified atom stereocenters. The van der Waals surface area contributed by atoms with E-state index >= 15 is 0 Å². The Balaban J connectivity index is 2.72. The van der Waals surface area contributed by atoms with Crippen LogP contribution < -0.4 is 5.73 Å². The van der Waals surface area contributed by atoms with E-state index in [1.165, 1.54) is 5.70 Å². The topological polar surface area (TPSA) is 41.6 Å². The molecule has 0 spiro atoms. The van der Waals surface area contributed by atoms with Gasteiger partial charge in [-0.3, -0.25) is 0 Å². The van der Waals surface area contributed by atoms with E-state index in [1.807, 2.05) is 6.08 Å². The van der Waals surface area contributed by atoms with Crippen LogP contribution in [0.15, 0.2) is 16.8 Å². The van der Waals surface area contributed by atoms with Gasteiger partial charge in [-0.25, -0.2) is 4.99 Å². The number of hydrogen-bond acceptors (Lipinski definition) is 3. The van der Waals surface area contributed by atoms with Crippen LogP contribution in [0.25, 0.3) is 0 Å². The lowest BCUT2D eigenvalue weighted by molar-refractivity contribution is 0.290. The lowest BCUT2D eigenvalue weighted by Gasteiger charge is -2.30. The molecule has 0 aromatic heterocycles. The van der Waals surface area contributed by atoms with Crippen LogP contribution in [0.3, 0.4) is 0 Å². The normalized spacial score (nSPS) is 18.4. The number of hydrogen-bond donors (Lipinski definition) is 1. The van der Waals surface area contributed by atoms with E-state index in [0.717, 1.165) is 0 Å². The highest BCUT2D eigenvalue weighted by Gasteiger charge is 2.12. The van der Waals surface area contributed by atoms with Gasteiger partial charge in [0.2, 0.25) is 0 Å². The number of allylic oxidation sites excluding steroid dienone is 1. The first kappa shape index (κ1) is 8.11. The quantitative estimate of drug-likeness (QED) is 0.609. The van der Waals surface area contributed by atoms with Crippen LogP contribution in [-0.4, -0.2) is 23.4 Å². The largest absolute Gasteiger partial charge is 0.384 e. The first-order valence-corrected chi connectivity index (χ1v) is 3.86. The fourth-order valence-corrected chi connectivity index (χ4v) is 1.18. The Hall–Kier alpha value is -0.990. The van der Waals surface area contributed by atoms with Crippen molar-refractivity contribution in [3.8, 4) is 0 Å². The third-order valence-corrected chi connectivity index (χ3v) is 1.84. The molecule has 0 aromatic rings. The van der Waals surface area contributed by atoms with Gasteiger partial charge < -0.3 is 10.6 Å². The van der Waals surface area contributed by atoms with Crippen molar-refractivity contribution in [2.75, 3.05) is 6.67 Å². The molecule has 0 fully saturated rings. The minimum atomic E-state index is 0.503. The zero-order valence-corrected chi connectivity index (χ0v) is 7.33. The van der Waals surface area contributed by atoms with Gasteiger partial charge in [-0.15, -0.1) is 0 Å². The molecule has 0 bridgehead atoms. The Morgan fingerprint density at radius 2 is 2.27 bits per heavy atom. The van der Waals surface area contributed by atoms with Gasteiger partial charge in [-0.2, -0.15) is 0 Å². The molecule has 3 nitrogen and oxygen atoms in total. The average Bonchev–Trinajstić information content (AvgIpc) is 1.85. The summed E-state index contributed by atoms with van der Waals surface area (Å²) in [5, 5.41) is 0. The molecule has 1 aliphatic heterocycles. The highest BCUT2D eigenvalue weighted by atomic mass is 15.2. The summed E-state index contributed by atoms with van der Waals surface area (Å²) in [6.45, 7) is 7.05. The van der Waals surface area contributed by atoms with E-state index in [-0.39, 0.29) is 0 Å². The van der Waals surface area contributed by atoms with Crippen molar-refractivity contribution in [1.82, 2.24) is 4.90 Å². The maximum absolute atomic E-state index is 5.53. The molecular formula is C8H15N3. The van der Waals surface area contributed by atoms with Gasteiger partial charge in [0.1, 0.15) is 12.5 Å². The average molecular weight is 153 g/mol. The fraction of sp³-hybridized carbons (Fsp3) is 0.625. The van der Waals surface area contributed by atoms with Crippen molar-refractivity contribution in [2.45, 2.75) is 26.8 Å². The van der Waals surface area contributed by atoms with E-state index in [1.54, 1.807) is 0 Å². The van der Waals surface area contributed by atoms with E-state index in [0.29, 0.717) is 18.5 Å². The van der Waals surface area contributed by atoms with Gasteiger partial charge in [-0.05, 0) is 26.8 Å². The molecule has 11 heavy (non-hydrogen) atoms. The third-order valence-electron chi connectivity index (χ3n) is 1.84. The summed E-state index contributed by atoms with van der Waals surface area (Å²) in [6, 6.07) is 0.503. The zero-order chi connectivity index (χ0) is 8.43. The van der Waals surface area contributed by atoms with Crippen molar-refractivity contribution < 1.29 is 0 Å². The lowest BCUT2D eigenvalue weighted by atomic mass is 10.2. The van der Waals surface area contributed by atoms with Gasteiger partial charge in [0.15, 0.2) is 0 Å². The summed E-state index contributed by atoms with van der Waals surface area (Å²) in [4.78, 5) is 6.33. The molecule has 2 N–H and O–H groups in total. The molecule has 0 saturated heterocycles. The number of nitrogens with two attached hydrogens (primary N) is 1. The summed E-state index contributed by atoms with van der Waals surface area (Å²) >= 11 is 0. The molecule has 0 saturated carbocycles. The van der Waals surface area contributed by atoms with E-state index < -0.39 is 0 Å². The summed E-state index contributed by atoms with van der Waals surface area (Å²) in [6.07, 6.45) is 1.91. The molecule has 1 aliphatic rings. The number of amidine groups is 1. The van der Waals surface area contributed by atoms with Gasteiger partial charge in [0.05, 0.1) is 0 Å². The van der Waals surface area contributed by atoms with Gasteiger partial charge in [0, 0.05) is 11.7 Å². The second-order valence-corrected chi connectivity index (χ2v) is 3.07. The van der Waals surface area contributed by atoms with Crippen LogP contribution in [0.5, 0.6) is 0 Å². The molecule has 0 aromatic carbocycles. The maximum Gasteiger partial charge on any atom is 0.122 e. The molecule has 0 radical (unpaired) electrons. The van der Waals surface area contributed by atoms with Crippen LogP contribution in [0.4, 0.5) is 0 Å². The van der Waals surface area contributed by atoms with E-state index in [2.05, 4.69) is 30.7 Å². The molecule has 62 valence electrons. The van der Waals surface area contributed by atoms with Crippen LogP contribution >= 0.6 is 0 Å². The predicted octanol–water partition coefficient (Wildman–Crippen LogP) is 0.929. The van der Waals surface area contributed by atoms with Gasteiger partial charge in [0.25, 0.3) is 0 Å². The third kappa shape index (κ3) is 1.73. The predicted molar refractivity (Wildman–Crippen MR) is 47.2 cm³/mol. The Labute approximate surface area is 67.6 Å². The van der Waals surface area contributed by atoms with E-state index in [9.17, 15) is 0 Å². The Morgan fingerprint density at radius 1 is 1.64 bits per heavy atom. The van der Waals surface area contributed by atoms with Crippen molar-refractivity contribution >= 4 is 5.84 Å². The zero-order valence-electron chi connectivity index (χ0n) is 7.33. The van der Waals surface area contributed by atoms with Crippen molar-refractivity contribution in [1.29, 1.82) is 0 Å². The van der Waals surface area contributed by atoms with Crippen molar-refractivity contribution in [3.63, 3.8) is 0 Å². The van der Waals surface area contributed by atoms with Gasteiger partial charge in [-0.1, -0.05) is 0 Å². The first-order chi connectivity index (χ1) is 5.11. The number of aliphatic imine (C=N–C) groups is 1. The minimum absolute atomic E-state index is 0.503. The van der Waals surface area contributed by atoms with Crippen molar-refractivity contribution in [3.05, 3.63) is 11.8 Å². The highest BCUT2D eigenvalue weighted by Crippen LogP contribution is 2.11. The van der Waals surface area contributed by atoms with Crippen LogP contribution in [0.1, 0.15) is 20.8 Å². The monoisotopic (exact) mass is 153 g/mol. The smallest absolute Gasteiger partial charge is 0.122 e.